The summed E-state index contributed by atoms with van der Waals surface area (Å²) >= 11 is 0. The third-order valence-electron chi connectivity index (χ3n) is 3.74. The van der Waals surface area contributed by atoms with Crippen LogP contribution < -0.4 is 11.1 Å². The van der Waals surface area contributed by atoms with Gasteiger partial charge in [0.05, 0.1) is 12.7 Å². The number of methoxy groups -OCH3 is 2. The van der Waals surface area contributed by atoms with Crippen LogP contribution in [0, 0.1) is 11.8 Å². The van der Waals surface area contributed by atoms with E-state index in [0.29, 0.717) is 19.1 Å². The van der Waals surface area contributed by atoms with Gasteiger partial charge in [-0.25, -0.2) is 0 Å². The molecule has 0 aromatic heterocycles. The number of hydrogen-bond donors (Lipinski definition) is 2. The van der Waals surface area contributed by atoms with E-state index >= 15 is 0 Å². The van der Waals surface area contributed by atoms with Gasteiger partial charge >= 0.3 is 0 Å². The molecule has 0 spiro atoms. The first kappa shape index (κ1) is 15.4. The first-order chi connectivity index (χ1) is 8.71. The molecule has 0 radical (unpaired) electrons. The lowest BCUT2D eigenvalue weighted by molar-refractivity contribution is -0.127. The van der Waals surface area contributed by atoms with Crippen LogP contribution in [0.5, 0.6) is 0 Å². The lowest BCUT2D eigenvalue weighted by atomic mass is 9.81. The number of carbonyl (C=O) groups is 1. The molecule has 1 unspecified atom stereocenters. The van der Waals surface area contributed by atoms with Crippen LogP contribution in [0.25, 0.3) is 0 Å². The van der Waals surface area contributed by atoms with Gasteiger partial charge in [-0.15, -0.1) is 0 Å². The number of amides is 1. The Morgan fingerprint density at radius 3 is 2.50 bits per heavy atom. The molecule has 1 rings (SSSR count). The highest BCUT2D eigenvalue weighted by atomic mass is 16.5. The molecular weight excluding hydrogens is 232 g/mol. The smallest absolute Gasteiger partial charge is 0.223 e. The van der Waals surface area contributed by atoms with Gasteiger partial charge in [0.1, 0.15) is 0 Å². The molecule has 5 heteroatoms. The lowest BCUT2D eigenvalue weighted by Crippen LogP contribution is -2.40. The highest BCUT2D eigenvalue weighted by molar-refractivity contribution is 5.78. The highest BCUT2D eigenvalue weighted by Crippen LogP contribution is 2.28. The number of nitrogens with one attached hydrogen (secondary N) is 1. The molecule has 3 N–H and O–H groups in total. The Morgan fingerprint density at radius 1 is 1.33 bits per heavy atom. The zero-order valence-corrected chi connectivity index (χ0v) is 11.5. The first-order valence-electron chi connectivity index (χ1n) is 6.70. The molecule has 0 heterocycles. The van der Waals surface area contributed by atoms with Crippen LogP contribution in [-0.2, 0) is 14.3 Å². The van der Waals surface area contributed by atoms with Crippen molar-refractivity contribution in [1.29, 1.82) is 0 Å². The van der Waals surface area contributed by atoms with Crippen molar-refractivity contribution in [3.05, 3.63) is 0 Å². The Morgan fingerprint density at radius 2 is 2.00 bits per heavy atom. The standard InChI is InChI=1S/C13H26N2O3/c1-17-9-12(18-2)8-15-13(16)11-5-3-10(7-14)4-6-11/h10-12H,3-9,14H2,1-2H3,(H,15,16). The summed E-state index contributed by atoms with van der Waals surface area (Å²) < 4.78 is 10.2. The molecule has 0 bridgehead atoms. The highest BCUT2D eigenvalue weighted by Gasteiger charge is 2.25. The molecule has 18 heavy (non-hydrogen) atoms. The minimum atomic E-state index is -0.0701. The Balaban J connectivity index is 2.24. The molecular formula is C13H26N2O3. The van der Waals surface area contributed by atoms with Crippen LogP contribution in [0.2, 0.25) is 0 Å². The average Bonchev–Trinajstić information content (AvgIpc) is 2.43. The Labute approximate surface area is 109 Å². The summed E-state index contributed by atoms with van der Waals surface area (Å²) in [5.41, 5.74) is 5.64. The summed E-state index contributed by atoms with van der Waals surface area (Å²) in [6.07, 6.45) is 3.98. The van der Waals surface area contributed by atoms with Gasteiger partial charge in [0.25, 0.3) is 0 Å². The Bertz CT molecular complexity index is 240. The van der Waals surface area contributed by atoms with Gasteiger partial charge in [-0.05, 0) is 38.1 Å². The SMILES string of the molecule is COCC(CNC(=O)C1CCC(CN)CC1)OC. The minimum Gasteiger partial charge on any atom is -0.382 e. The molecule has 1 fully saturated rings. The summed E-state index contributed by atoms with van der Waals surface area (Å²) in [5.74, 6) is 0.894. The lowest BCUT2D eigenvalue weighted by Gasteiger charge is -2.27. The number of rotatable bonds is 7. The fraction of sp³-hybridized carbons (Fsp3) is 0.923. The maximum atomic E-state index is 12.0. The van der Waals surface area contributed by atoms with Crippen molar-refractivity contribution in [3.8, 4) is 0 Å². The molecule has 1 saturated carbocycles. The Kier molecular flexibility index (Phi) is 7.23. The summed E-state index contributed by atoms with van der Waals surface area (Å²) in [6, 6.07) is 0. The van der Waals surface area contributed by atoms with Gasteiger partial charge < -0.3 is 20.5 Å². The van der Waals surface area contributed by atoms with Gasteiger partial charge in [0, 0.05) is 26.7 Å². The molecule has 0 aromatic carbocycles. The molecule has 0 aliphatic heterocycles. The quantitative estimate of drug-likeness (QED) is 0.698. The van der Waals surface area contributed by atoms with Crippen LogP contribution in [0.3, 0.4) is 0 Å². The first-order valence-corrected chi connectivity index (χ1v) is 6.70. The van der Waals surface area contributed by atoms with E-state index in [-0.39, 0.29) is 17.9 Å². The van der Waals surface area contributed by atoms with Crippen molar-refractivity contribution in [2.24, 2.45) is 17.6 Å². The minimum absolute atomic E-state index is 0.0701. The second-order valence-electron chi connectivity index (χ2n) is 5.01. The van der Waals surface area contributed by atoms with E-state index in [1.165, 1.54) is 0 Å². The van der Waals surface area contributed by atoms with E-state index in [0.717, 1.165) is 32.2 Å². The van der Waals surface area contributed by atoms with Crippen molar-refractivity contribution < 1.29 is 14.3 Å². The monoisotopic (exact) mass is 258 g/mol. The van der Waals surface area contributed by atoms with E-state index in [1.54, 1.807) is 14.2 Å². The molecule has 1 aliphatic rings. The van der Waals surface area contributed by atoms with Crippen molar-refractivity contribution in [2.45, 2.75) is 31.8 Å². The molecule has 0 saturated heterocycles. The maximum absolute atomic E-state index is 12.0. The van der Waals surface area contributed by atoms with Crippen molar-refractivity contribution >= 4 is 5.91 Å². The van der Waals surface area contributed by atoms with Gasteiger partial charge in [-0.2, -0.15) is 0 Å². The number of carbonyl (C=O) groups excluding carboxylic acids is 1. The third-order valence-corrected chi connectivity index (χ3v) is 3.74. The average molecular weight is 258 g/mol. The second kappa shape index (κ2) is 8.45. The predicted octanol–water partition coefficient (Wildman–Crippen LogP) is 0.529. The molecule has 0 aromatic rings. The van der Waals surface area contributed by atoms with Gasteiger partial charge in [-0.1, -0.05) is 0 Å². The van der Waals surface area contributed by atoms with E-state index in [4.69, 9.17) is 15.2 Å². The summed E-state index contributed by atoms with van der Waals surface area (Å²) in [4.78, 5) is 12.0. The van der Waals surface area contributed by atoms with Gasteiger partial charge in [-0.3, -0.25) is 4.79 Å². The normalized spacial score (nSPS) is 25.7. The van der Waals surface area contributed by atoms with Crippen molar-refractivity contribution in [3.63, 3.8) is 0 Å². The zero-order chi connectivity index (χ0) is 13.4. The molecule has 106 valence electrons. The zero-order valence-electron chi connectivity index (χ0n) is 11.5. The van der Waals surface area contributed by atoms with E-state index < -0.39 is 0 Å². The van der Waals surface area contributed by atoms with Crippen molar-refractivity contribution in [2.75, 3.05) is 33.9 Å². The van der Waals surface area contributed by atoms with Crippen LogP contribution in [0.1, 0.15) is 25.7 Å². The van der Waals surface area contributed by atoms with E-state index in [2.05, 4.69) is 5.32 Å². The number of hydrogen-bond acceptors (Lipinski definition) is 4. The number of nitrogens with two attached hydrogens (primary N) is 1. The summed E-state index contributed by atoms with van der Waals surface area (Å²) in [7, 11) is 3.25. The summed E-state index contributed by atoms with van der Waals surface area (Å²) in [5, 5.41) is 2.95. The van der Waals surface area contributed by atoms with Crippen LogP contribution >= 0.6 is 0 Å². The topological polar surface area (TPSA) is 73.6 Å². The summed E-state index contributed by atoms with van der Waals surface area (Å²) in [6.45, 7) is 1.75. The fourth-order valence-electron chi connectivity index (χ4n) is 2.42. The Hall–Kier alpha value is -0.650. The van der Waals surface area contributed by atoms with Gasteiger partial charge in [0.2, 0.25) is 5.91 Å². The fourth-order valence-corrected chi connectivity index (χ4v) is 2.42. The molecule has 5 nitrogen and oxygen atoms in total. The van der Waals surface area contributed by atoms with E-state index in [1.807, 2.05) is 0 Å². The van der Waals surface area contributed by atoms with Crippen LogP contribution in [0.4, 0.5) is 0 Å². The predicted molar refractivity (Wildman–Crippen MR) is 70.2 cm³/mol. The third kappa shape index (κ3) is 4.92. The molecule has 1 atom stereocenters. The largest absolute Gasteiger partial charge is 0.382 e. The van der Waals surface area contributed by atoms with E-state index in [9.17, 15) is 4.79 Å². The van der Waals surface area contributed by atoms with Crippen LogP contribution in [-0.4, -0.2) is 45.9 Å². The second-order valence-corrected chi connectivity index (χ2v) is 5.01. The molecule has 1 aliphatic carbocycles. The van der Waals surface area contributed by atoms with Crippen LogP contribution in [0.15, 0.2) is 0 Å². The molecule has 1 amide bonds. The number of ether oxygens (including phenoxy) is 2. The van der Waals surface area contributed by atoms with Crippen molar-refractivity contribution in [1.82, 2.24) is 5.32 Å². The maximum Gasteiger partial charge on any atom is 0.223 e. The van der Waals surface area contributed by atoms with Gasteiger partial charge in [0.15, 0.2) is 0 Å².